The lowest BCUT2D eigenvalue weighted by atomic mass is 10.1. The SMILES string of the molecule is Cc1ccc(S(=O)(=O)N(C)CC(=O)N(Cc2cccc(Cl)c2)[C@@H](C)C(=O)NC(C)C)cc1. The number of carbonyl (C=O) groups excluding carboxylic acids is 2. The van der Waals surface area contributed by atoms with Crippen molar-refractivity contribution in [1.29, 1.82) is 0 Å². The normalized spacial score (nSPS) is 12.6. The maximum absolute atomic E-state index is 13.2. The first kappa shape index (κ1) is 25.8. The first-order valence-electron chi connectivity index (χ1n) is 10.3. The summed E-state index contributed by atoms with van der Waals surface area (Å²) in [6.45, 7) is 6.85. The number of halogens is 1. The lowest BCUT2D eigenvalue weighted by molar-refractivity contribution is -0.140. The van der Waals surface area contributed by atoms with Gasteiger partial charge in [-0.25, -0.2) is 8.42 Å². The summed E-state index contributed by atoms with van der Waals surface area (Å²) in [6, 6.07) is 12.5. The molecule has 0 aliphatic rings. The topological polar surface area (TPSA) is 86.8 Å². The number of benzene rings is 2. The van der Waals surface area contributed by atoms with Gasteiger partial charge < -0.3 is 10.2 Å². The number of nitrogens with one attached hydrogen (secondary N) is 1. The van der Waals surface area contributed by atoms with Crippen LogP contribution in [0.25, 0.3) is 0 Å². The molecule has 32 heavy (non-hydrogen) atoms. The minimum atomic E-state index is -3.86. The van der Waals surface area contributed by atoms with Gasteiger partial charge in [-0.05, 0) is 57.5 Å². The first-order valence-corrected chi connectivity index (χ1v) is 12.1. The van der Waals surface area contributed by atoms with Crippen LogP contribution in [0.3, 0.4) is 0 Å². The molecule has 0 aliphatic heterocycles. The number of hydrogen-bond donors (Lipinski definition) is 1. The molecule has 0 heterocycles. The zero-order chi connectivity index (χ0) is 24.1. The molecule has 2 rings (SSSR count). The predicted octanol–water partition coefficient (Wildman–Crippen LogP) is 3.21. The highest BCUT2D eigenvalue weighted by atomic mass is 35.5. The number of carbonyl (C=O) groups is 2. The van der Waals surface area contributed by atoms with Gasteiger partial charge in [-0.2, -0.15) is 4.31 Å². The molecule has 7 nitrogen and oxygen atoms in total. The monoisotopic (exact) mass is 479 g/mol. The second-order valence-electron chi connectivity index (χ2n) is 8.06. The van der Waals surface area contributed by atoms with Crippen LogP contribution in [-0.2, 0) is 26.2 Å². The molecule has 0 unspecified atom stereocenters. The van der Waals surface area contributed by atoms with E-state index in [-0.39, 0.29) is 23.4 Å². The van der Waals surface area contributed by atoms with Crippen LogP contribution in [-0.4, -0.2) is 55.1 Å². The molecular formula is C23H30ClN3O4S. The van der Waals surface area contributed by atoms with Crippen LogP contribution in [0.5, 0.6) is 0 Å². The lowest BCUT2D eigenvalue weighted by Gasteiger charge is -2.30. The zero-order valence-corrected chi connectivity index (χ0v) is 20.6. The average molecular weight is 480 g/mol. The molecule has 0 aliphatic carbocycles. The van der Waals surface area contributed by atoms with Crippen LogP contribution in [0.15, 0.2) is 53.4 Å². The number of rotatable bonds is 9. The van der Waals surface area contributed by atoms with Crippen molar-refractivity contribution < 1.29 is 18.0 Å². The summed E-state index contributed by atoms with van der Waals surface area (Å²) in [5.41, 5.74) is 1.67. The molecule has 0 saturated carbocycles. The molecule has 2 amide bonds. The van der Waals surface area contributed by atoms with Crippen molar-refractivity contribution in [2.45, 2.75) is 51.2 Å². The number of amides is 2. The number of nitrogens with zero attached hydrogens (tertiary/aromatic N) is 2. The van der Waals surface area contributed by atoms with E-state index >= 15 is 0 Å². The molecule has 9 heteroatoms. The summed E-state index contributed by atoms with van der Waals surface area (Å²) in [5, 5.41) is 3.31. The second-order valence-corrected chi connectivity index (χ2v) is 10.5. The molecule has 1 N–H and O–H groups in total. The number of hydrogen-bond acceptors (Lipinski definition) is 4. The van der Waals surface area contributed by atoms with E-state index in [9.17, 15) is 18.0 Å². The van der Waals surface area contributed by atoms with E-state index in [1.807, 2.05) is 20.8 Å². The summed E-state index contributed by atoms with van der Waals surface area (Å²) < 4.78 is 26.8. The molecule has 2 aromatic rings. The predicted molar refractivity (Wildman–Crippen MR) is 126 cm³/mol. The van der Waals surface area contributed by atoms with E-state index in [1.165, 1.54) is 24.1 Å². The molecule has 0 fully saturated rings. The van der Waals surface area contributed by atoms with Crippen LogP contribution >= 0.6 is 11.6 Å². The molecular weight excluding hydrogens is 450 g/mol. The third-order valence-corrected chi connectivity index (χ3v) is 6.98. The molecule has 0 bridgehead atoms. The average Bonchev–Trinajstić information content (AvgIpc) is 2.71. The summed E-state index contributed by atoms with van der Waals surface area (Å²) in [4.78, 5) is 27.3. The summed E-state index contributed by atoms with van der Waals surface area (Å²) in [5.74, 6) is -0.811. The van der Waals surface area contributed by atoms with Gasteiger partial charge >= 0.3 is 0 Å². The van der Waals surface area contributed by atoms with Crippen LogP contribution in [0.1, 0.15) is 31.9 Å². The molecule has 0 spiro atoms. The van der Waals surface area contributed by atoms with Gasteiger partial charge in [-0.3, -0.25) is 9.59 Å². The van der Waals surface area contributed by atoms with Crippen molar-refractivity contribution in [1.82, 2.24) is 14.5 Å². The van der Waals surface area contributed by atoms with Crippen molar-refractivity contribution in [2.75, 3.05) is 13.6 Å². The Kier molecular flexibility index (Phi) is 8.83. The van der Waals surface area contributed by atoms with E-state index in [4.69, 9.17) is 11.6 Å². The van der Waals surface area contributed by atoms with E-state index in [0.717, 1.165) is 15.4 Å². The van der Waals surface area contributed by atoms with Gasteiger partial charge in [0.05, 0.1) is 11.4 Å². The van der Waals surface area contributed by atoms with Gasteiger partial charge in [0.2, 0.25) is 21.8 Å². The van der Waals surface area contributed by atoms with Gasteiger partial charge in [-0.1, -0.05) is 41.4 Å². The van der Waals surface area contributed by atoms with Crippen molar-refractivity contribution >= 4 is 33.4 Å². The van der Waals surface area contributed by atoms with Crippen LogP contribution in [0, 0.1) is 6.92 Å². The van der Waals surface area contributed by atoms with E-state index in [0.29, 0.717) is 5.02 Å². The maximum Gasteiger partial charge on any atom is 0.243 e. The zero-order valence-electron chi connectivity index (χ0n) is 19.0. The molecule has 2 aromatic carbocycles. The van der Waals surface area contributed by atoms with Gasteiger partial charge in [-0.15, -0.1) is 0 Å². The van der Waals surface area contributed by atoms with E-state index in [1.54, 1.807) is 43.3 Å². The van der Waals surface area contributed by atoms with Crippen LogP contribution in [0.4, 0.5) is 0 Å². The standard InChI is InChI=1S/C23H30ClN3O4S/c1-16(2)25-23(29)18(4)27(14-19-7-6-8-20(24)13-19)22(28)15-26(5)32(30,31)21-11-9-17(3)10-12-21/h6-13,16,18H,14-15H2,1-5H3,(H,25,29)/t18-/m0/s1. The number of aryl methyl sites for hydroxylation is 1. The van der Waals surface area contributed by atoms with E-state index < -0.39 is 28.5 Å². The smallest absolute Gasteiger partial charge is 0.243 e. The van der Waals surface area contributed by atoms with Crippen molar-refractivity contribution in [2.24, 2.45) is 0 Å². The number of sulfonamides is 1. The van der Waals surface area contributed by atoms with Crippen LogP contribution < -0.4 is 5.32 Å². The quantitative estimate of drug-likeness (QED) is 0.598. The maximum atomic E-state index is 13.2. The lowest BCUT2D eigenvalue weighted by Crippen LogP contribution is -2.51. The van der Waals surface area contributed by atoms with Crippen molar-refractivity contribution in [3.8, 4) is 0 Å². The van der Waals surface area contributed by atoms with Gasteiger partial charge in [0, 0.05) is 24.7 Å². The highest BCUT2D eigenvalue weighted by Gasteiger charge is 2.30. The minimum absolute atomic E-state index is 0.0994. The molecule has 1 atom stereocenters. The van der Waals surface area contributed by atoms with Gasteiger partial charge in [0.15, 0.2) is 0 Å². The van der Waals surface area contributed by atoms with Crippen molar-refractivity contribution in [3.05, 3.63) is 64.7 Å². The Morgan fingerprint density at radius 1 is 1.06 bits per heavy atom. The molecule has 174 valence electrons. The minimum Gasteiger partial charge on any atom is -0.352 e. The Balaban J connectivity index is 2.27. The Bertz CT molecular complexity index is 1060. The molecule has 0 aromatic heterocycles. The summed E-state index contributed by atoms with van der Waals surface area (Å²) >= 11 is 6.07. The summed E-state index contributed by atoms with van der Waals surface area (Å²) in [7, 11) is -2.51. The highest BCUT2D eigenvalue weighted by Crippen LogP contribution is 2.18. The molecule has 0 saturated heterocycles. The fraction of sp³-hybridized carbons (Fsp3) is 0.391. The van der Waals surface area contributed by atoms with Gasteiger partial charge in [0.1, 0.15) is 6.04 Å². The second kappa shape index (κ2) is 10.9. The molecule has 0 radical (unpaired) electrons. The van der Waals surface area contributed by atoms with E-state index in [2.05, 4.69) is 5.32 Å². The Morgan fingerprint density at radius 2 is 1.69 bits per heavy atom. The largest absolute Gasteiger partial charge is 0.352 e. The highest BCUT2D eigenvalue weighted by molar-refractivity contribution is 7.89. The van der Waals surface area contributed by atoms with Crippen LogP contribution in [0.2, 0.25) is 5.02 Å². The first-order chi connectivity index (χ1) is 14.9. The Labute approximate surface area is 195 Å². The van der Waals surface area contributed by atoms with Gasteiger partial charge in [0.25, 0.3) is 0 Å². The summed E-state index contributed by atoms with van der Waals surface area (Å²) in [6.07, 6.45) is 0. The Hall–Kier alpha value is -2.42. The number of likely N-dealkylation sites (N-methyl/N-ethyl adjacent to an activating group) is 1. The Morgan fingerprint density at radius 3 is 2.25 bits per heavy atom. The third-order valence-electron chi connectivity index (χ3n) is 4.93. The fourth-order valence-electron chi connectivity index (χ4n) is 3.08. The third kappa shape index (κ3) is 6.79. The fourth-order valence-corrected chi connectivity index (χ4v) is 4.41. The van der Waals surface area contributed by atoms with Crippen molar-refractivity contribution in [3.63, 3.8) is 0 Å².